The number of carbonyl (C=O) groups excluding carboxylic acids is 1. The van der Waals surface area contributed by atoms with Crippen LogP contribution in [-0.2, 0) is 0 Å². The van der Waals surface area contributed by atoms with Crippen molar-refractivity contribution in [3.05, 3.63) is 60.2 Å². The molecule has 0 aliphatic heterocycles. The van der Waals surface area contributed by atoms with Crippen LogP contribution in [0.25, 0.3) is 10.8 Å². The van der Waals surface area contributed by atoms with Crippen LogP contribution in [0.1, 0.15) is 10.4 Å². The Bertz CT molecular complexity index is 919. The highest BCUT2D eigenvalue weighted by molar-refractivity contribution is 7.98. The molecule has 128 valence electrons. The summed E-state index contributed by atoms with van der Waals surface area (Å²) >= 11 is 1.66. The lowest BCUT2D eigenvalue weighted by atomic mass is 10.1. The van der Waals surface area contributed by atoms with E-state index in [1.54, 1.807) is 44.2 Å². The van der Waals surface area contributed by atoms with Gasteiger partial charge in [-0.2, -0.15) is 0 Å². The first-order valence-corrected chi connectivity index (χ1v) is 8.99. The van der Waals surface area contributed by atoms with Gasteiger partial charge in [-0.25, -0.2) is 0 Å². The van der Waals surface area contributed by atoms with Crippen molar-refractivity contribution in [3.8, 4) is 11.5 Å². The average molecular weight is 353 g/mol. The van der Waals surface area contributed by atoms with Gasteiger partial charge in [0.1, 0.15) is 0 Å². The van der Waals surface area contributed by atoms with Crippen molar-refractivity contribution in [1.82, 2.24) is 0 Å². The first-order valence-electron chi connectivity index (χ1n) is 7.77. The van der Waals surface area contributed by atoms with Gasteiger partial charge in [0.25, 0.3) is 5.91 Å². The van der Waals surface area contributed by atoms with Crippen molar-refractivity contribution in [2.45, 2.75) is 4.90 Å². The molecule has 0 fully saturated rings. The minimum Gasteiger partial charge on any atom is -0.493 e. The number of hydrogen-bond donors (Lipinski definition) is 1. The maximum atomic E-state index is 12.7. The first-order chi connectivity index (χ1) is 12.2. The van der Waals surface area contributed by atoms with Crippen LogP contribution in [0.3, 0.4) is 0 Å². The van der Waals surface area contributed by atoms with E-state index in [4.69, 9.17) is 9.47 Å². The van der Waals surface area contributed by atoms with Crippen LogP contribution in [0.5, 0.6) is 11.5 Å². The summed E-state index contributed by atoms with van der Waals surface area (Å²) in [6.45, 7) is 0. The highest BCUT2D eigenvalue weighted by Gasteiger charge is 2.13. The lowest BCUT2D eigenvalue weighted by Gasteiger charge is -2.13. The van der Waals surface area contributed by atoms with E-state index < -0.39 is 0 Å². The van der Waals surface area contributed by atoms with Crippen LogP contribution in [0.15, 0.2) is 59.5 Å². The maximum absolute atomic E-state index is 12.7. The monoisotopic (exact) mass is 353 g/mol. The molecule has 0 saturated heterocycles. The van der Waals surface area contributed by atoms with Gasteiger partial charge in [0.2, 0.25) is 0 Å². The molecule has 1 amide bonds. The Morgan fingerprint density at radius 2 is 1.68 bits per heavy atom. The SMILES string of the molecule is COc1ccc(C(=O)Nc2cccc3cccc(SC)c23)cc1OC. The van der Waals surface area contributed by atoms with Crippen LogP contribution < -0.4 is 14.8 Å². The highest BCUT2D eigenvalue weighted by Crippen LogP contribution is 2.33. The van der Waals surface area contributed by atoms with E-state index in [0.717, 1.165) is 21.4 Å². The quantitative estimate of drug-likeness (QED) is 0.667. The second-order valence-corrected chi connectivity index (χ2v) is 6.24. The molecule has 0 saturated carbocycles. The van der Waals surface area contributed by atoms with Crippen LogP contribution in [0.4, 0.5) is 5.69 Å². The van der Waals surface area contributed by atoms with Gasteiger partial charge in [-0.3, -0.25) is 4.79 Å². The molecule has 25 heavy (non-hydrogen) atoms. The van der Waals surface area contributed by atoms with Crippen molar-refractivity contribution in [1.29, 1.82) is 0 Å². The molecule has 5 heteroatoms. The van der Waals surface area contributed by atoms with E-state index in [-0.39, 0.29) is 5.91 Å². The number of amides is 1. The lowest BCUT2D eigenvalue weighted by molar-refractivity contribution is 0.102. The van der Waals surface area contributed by atoms with Crippen LogP contribution >= 0.6 is 11.8 Å². The third-order valence-electron chi connectivity index (χ3n) is 3.98. The second-order valence-electron chi connectivity index (χ2n) is 5.39. The number of thioether (sulfide) groups is 1. The van der Waals surface area contributed by atoms with E-state index >= 15 is 0 Å². The Morgan fingerprint density at radius 3 is 2.36 bits per heavy atom. The average Bonchev–Trinajstić information content (AvgIpc) is 2.66. The number of rotatable bonds is 5. The Morgan fingerprint density at radius 1 is 0.960 bits per heavy atom. The molecule has 0 bridgehead atoms. The van der Waals surface area contributed by atoms with Gasteiger partial charge in [-0.15, -0.1) is 11.8 Å². The summed E-state index contributed by atoms with van der Waals surface area (Å²) < 4.78 is 10.5. The molecule has 0 heterocycles. The molecule has 3 aromatic rings. The minimum absolute atomic E-state index is 0.190. The zero-order valence-electron chi connectivity index (χ0n) is 14.3. The Hall–Kier alpha value is -2.66. The predicted octanol–water partition coefficient (Wildman–Crippen LogP) is 4.83. The zero-order valence-corrected chi connectivity index (χ0v) is 15.1. The van der Waals surface area contributed by atoms with E-state index in [9.17, 15) is 4.79 Å². The predicted molar refractivity (Wildman–Crippen MR) is 103 cm³/mol. The summed E-state index contributed by atoms with van der Waals surface area (Å²) in [6.07, 6.45) is 2.03. The Kier molecular flexibility index (Phi) is 5.14. The van der Waals surface area contributed by atoms with Gasteiger partial charge in [0.05, 0.1) is 19.9 Å². The highest BCUT2D eigenvalue weighted by atomic mass is 32.2. The van der Waals surface area contributed by atoms with E-state index in [1.165, 1.54) is 0 Å². The number of fused-ring (bicyclic) bond motifs is 1. The molecule has 0 atom stereocenters. The Labute approximate surface area is 151 Å². The van der Waals surface area contributed by atoms with Crippen molar-refractivity contribution < 1.29 is 14.3 Å². The van der Waals surface area contributed by atoms with Crippen molar-refractivity contribution in [3.63, 3.8) is 0 Å². The van der Waals surface area contributed by atoms with Crippen LogP contribution in [0.2, 0.25) is 0 Å². The van der Waals surface area contributed by atoms with Crippen molar-refractivity contribution in [2.75, 3.05) is 25.8 Å². The van der Waals surface area contributed by atoms with Gasteiger partial charge >= 0.3 is 0 Å². The zero-order chi connectivity index (χ0) is 17.8. The number of ether oxygens (including phenoxy) is 2. The molecule has 0 spiro atoms. The normalized spacial score (nSPS) is 10.5. The number of benzene rings is 3. The molecule has 3 rings (SSSR count). The Balaban J connectivity index is 1.98. The van der Waals surface area contributed by atoms with Gasteiger partial charge in [0.15, 0.2) is 11.5 Å². The van der Waals surface area contributed by atoms with E-state index in [0.29, 0.717) is 17.1 Å². The third-order valence-corrected chi connectivity index (χ3v) is 4.76. The van der Waals surface area contributed by atoms with E-state index in [2.05, 4.69) is 11.4 Å². The molecule has 1 N–H and O–H groups in total. The topological polar surface area (TPSA) is 47.6 Å². The molecule has 0 aromatic heterocycles. The number of hydrogen-bond acceptors (Lipinski definition) is 4. The molecule has 4 nitrogen and oxygen atoms in total. The molecule has 0 radical (unpaired) electrons. The minimum atomic E-state index is -0.190. The fraction of sp³-hybridized carbons (Fsp3) is 0.150. The molecular weight excluding hydrogens is 334 g/mol. The smallest absolute Gasteiger partial charge is 0.255 e. The first kappa shape index (κ1) is 17.2. The third kappa shape index (κ3) is 3.42. The second kappa shape index (κ2) is 7.49. The van der Waals surface area contributed by atoms with Crippen molar-refractivity contribution in [2.24, 2.45) is 0 Å². The van der Waals surface area contributed by atoms with Gasteiger partial charge in [-0.05, 0) is 42.0 Å². The largest absolute Gasteiger partial charge is 0.493 e. The molecule has 0 aliphatic rings. The fourth-order valence-corrected chi connectivity index (χ4v) is 3.40. The molecular formula is C20H19NO3S. The molecule has 3 aromatic carbocycles. The molecule has 0 unspecified atom stereocenters. The standard InChI is InChI=1S/C20H19NO3S/c1-23-16-11-10-14(12-17(16)24-2)20(22)21-15-8-4-6-13-7-5-9-18(25-3)19(13)15/h4-12H,1-3H3,(H,21,22). The number of anilines is 1. The van der Waals surface area contributed by atoms with Crippen LogP contribution in [-0.4, -0.2) is 26.4 Å². The summed E-state index contributed by atoms with van der Waals surface area (Å²) in [7, 11) is 3.12. The van der Waals surface area contributed by atoms with Gasteiger partial charge in [0, 0.05) is 15.8 Å². The summed E-state index contributed by atoms with van der Waals surface area (Å²) in [4.78, 5) is 13.8. The summed E-state index contributed by atoms with van der Waals surface area (Å²) in [5.74, 6) is 0.927. The van der Waals surface area contributed by atoms with Crippen molar-refractivity contribution >= 4 is 34.1 Å². The van der Waals surface area contributed by atoms with Crippen LogP contribution in [0, 0.1) is 0 Å². The fourth-order valence-electron chi connectivity index (χ4n) is 2.75. The summed E-state index contributed by atoms with van der Waals surface area (Å²) in [5.41, 5.74) is 1.30. The molecule has 0 aliphatic carbocycles. The van der Waals surface area contributed by atoms with Gasteiger partial charge < -0.3 is 14.8 Å². The number of nitrogens with one attached hydrogen (secondary N) is 1. The van der Waals surface area contributed by atoms with Gasteiger partial charge in [-0.1, -0.05) is 24.3 Å². The lowest BCUT2D eigenvalue weighted by Crippen LogP contribution is -2.12. The summed E-state index contributed by atoms with van der Waals surface area (Å²) in [6, 6.07) is 17.1. The van der Waals surface area contributed by atoms with E-state index in [1.807, 2.05) is 36.6 Å². The maximum Gasteiger partial charge on any atom is 0.255 e. The number of carbonyl (C=O) groups is 1. The number of methoxy groups -OCH3 is 2. The summed E-state index contributed by atoms with van der Waals surface area (Å²) in [5, 5.41) is 5.16.